The van der Waals surface area contributed by atoms with Crippen LogP contribution in [0.2, 0.25) is 0 Å². The van der Waals surface area contributed by atoms with E-state index in [1.807, 2.05) is 30.5 Å². The molecule has 0 atom stereocenters. The lowest BCUT2D eigenvalue weighted by Crippen LogP contribution is -2.47. The molecular formula is C21H28N8OS2. The van der Waals surface area contributed by atoms with Crippen molar-refractivity contribution < 1.29 is 5.11 Å². The number of hydrogen-bond donors (Lipinski definition) is 3. The second-order valence-corrected chi connectivity index (χ2v) is 9.92. The van der Waals surface area contributed by atoms with Gasteiger partial charge in [-0.3, -0.25) is 10.2 Å². The summed E-state index contributed by atoms with van der Waals surface area (Å²) in [6.07, 6.45) is 1.89. The fraction of sp³-hybridized carbons (Fsp3) is 0.429. The summed E-state index contributed by atoms with van der Waals surface area (Å²) < 4.78 is 0. The molecule has 2 aromatic heterocycles. The molecule has 1 aromatic carbocycles. The van der Waals surface area contributed by atoms with Gasteiger partial charge in [0.2, 0.25) is 11.9 Å². The summed E-state index contributed by atoms with van der Waals surface area (Å²) >= 11 is 3.06. The molecule has 0 saturated carbocycles. The monoisotopic (exact) mass is 472 g/mol. The first-order chi connectivity index (χ1) is 15.5. The SMILES string of the molecule is CC(C)c1cnc(Nc2nc(Sc3cccc(N)c3)nc(N3CCN(CCO)CC3)n2)s1. The van der Waals surface area contributed by atoms with Crippen LogP contribution < -0.4 is 16.0 Å². The number of nitrogens with two attached hydrogens (primary N) is 1. The van der Waals surface area contributed by atoms with Gasteiger partial charge in [0, 0.05) is 54.4 Å². The largest absolute Gasteiger partial charge is 0.399 e. The quantitative estimate of drug-likeness (QED) is 0.422. The fourth-order valence-corrected chi connectivity index (χ4v) is 4.92. The maximum absolute atomic E-state index is 9.20. The number of anilines is 4. The van der Waals surface area contributed by atoms with E-state index in [2.05, 4.69) is 38.9 Å². The van der Waals surface area contributed by atoms with Crippen LogP contribution in [0.15, 0.2) is 40.5 Å². The summed E-state index contributed by atoms with van der Waals surface area (Å²) in [5.41, 5.74) is 6.64. The number of nitrogens with zero attached hydrogens (tertiary/aromatic N) is 6. The van der Waals surface area contributed by atoms with E-state index < -0.39 is 0 Å². The Labute approximate surface area is 196 Å². The molecule has 0 bridgehead atoms. The Balaban J connectivity index is 1.58. The van der Waals surface area contributed by atoms with Crippen molar-refractivity contribution in [3.05, 3.63) is 35.3 Å². The molecule has 11 heteroatoms. The van der Waals surface area contributed by atoms with E-state index in [4.69, 9.17) is 15.7 Å². The highest BCUT2D eigenvalue weighted by atomic mass is 32.2. The normalized spacial score (nSPS) is 14.8. The average molecular weight is 473 g/mol. The van der Waals surface area contributed by atoms with Crippen molar-refractivity contribution in [2.45, 2.75) is 29.8 Å². The van der Waals surface area contributed by atoms with Gasteiger partial charge in [-0.2, -0.15) is 15.0 Å². The van der Waals surface area contributed by atoms with E-state index in [1.165, 1.54) is 16.6 Å². The highest BCUT2D eigenvalue weighted by molar-refractivity contribution is 7.99. The zero-order valence-electron chi connectivity index (χ0n) is 18.2. The summed E-state index contributed by atoms with van der Waals surface area (Å²) in [6, 6.07) is 7.67. The van der Waals surface area contributed by atoms with Crippen molar-refractivity contribution in [1.29, 1.82) is 0 Å². The Morgan fingerprint density at radius 2 is 2.00 bits per heavy atom. The number of thiazole rings is 1. The molecule has 3 aromatic rings. The molecule has 1 saturated heterocycles. The number of nitrogen functional groups attached to an aromatic ring is 1. The Morgan fingerprint density at radius 1 is 1.19 bits per heavy atom. The molecule has 4 N–H and O–H groups in total. The van der Waals surface area contributed by atoms with Crippen LogP contribution in [0.5, 0.6) is 0 Å². The van der Waals surface area contributed by atoms with E-state index in [1.54, 1.807) is 11.3 Å². The van der Waals surface area contributed by atoms with E-state index in [0.29, 0.717) is 35.2 Å². The molecular weight excluding hydrogens is 444 g/mol. The zero-order chi connectivity index (χ0) is 22.5. The molecule has 1 aliphatic heterocycles. The van der Waals surface area contributed by atoms with Gasteiger partial charge in [0.25, 0.3) is 0 Å². The van der Waals surface area contributed by atoms with Gasteiger partial charge in [0.15, 0.2) is 10.3 Å². The van der Waals surface area contributed by atoms with Crippen molar-refractivity contribution in [2.24, 2.45) is 0 Å². The Morgan fingerprint density at radius 3 is 2.69 bits per heavy atom. The molecule has 170 valence electrons. The van der Waals surface area contributed by atoms with Crippen LogP contribution >= 0.6 is 23.1 Å². The molecule has 1 aliphatic rings. The zero-order valence-corrected chi connectivity index (χ0v) is 19.9. The average Bonchev–Trinajstić information content (AvgIpc) is 3.23. The predicted octanol–water partition coefficient (Wildman–Crippen LogP) is 3.04. The molecule has 4 rings (SSSR count). The van der Waals surface area contributed by atoms with E-state index in [0.717, 1.165) is 36.2 Å². The minimum Gasteiger partial charge on any atom is -0.399 e. The number of aromatic nitrogens is 4. The van der Waals surface area contributed by atoms with Crippen LogP contribution in [-0.2, 0) is 0 Å². The standard InChI is InChI=1S/C21H28N8OS2/c1-14(2)17-13-23-20(32-17)25-18-24-19(29-8-6-28(7-9-29)10-11-30)27-21(26-18)31-16-5-3-4-15(22)12-16/h3-5,12-14,30H,6-11,22H2,1-2H3,(H,23,24,25,26,27). The molecule has 1 fully saturated rings. The van der Waals surface area contributed by atoms with Crippen LogP contribution in [0, 0.1) is 0 Å². The molecule has 9 nitrogen and oxygen atoms in total. The molecule has 0 spiro atoms. The molecule has 0 aliphatic carbocycles. The lowest BCUT2D eigenvalue weighted by atomic mass is 10.2. The van der Waals surface area contributed by atoms with E-state index >= 15 is 0 Å². The third-order valence-electron chi connectivity index (χ3n) is 5.05. The maximum atomic E-state index is 9.20. The van der Waals surface area contributed by atoms with Crippen LogP contribution in [0.25, 0.3) is 0 Å². The van der Waals surface area contributed by atoms with E-state index in [-0.39, 0.29) is 6.61 Å². The van der Waals surface area contributed by atoms with Gasteiger partial charge in [0.1, 0.15) is 0 Å². The summed E-state index contributed by atoms with van der Waals surface area (Å²) in [4.78, 5) is 25.1. The van der Waals surface area contributed by atoms with Gasteiger partial charge in [-0.1, -0.05) is 19.9 Å². The Bertz CT molecular complexity index is 1040. The van der Waals surface area contributed by atoms with E-state index in [9.17, 15) is 5.11 Å². The smallest absolute Gasteiger partial charge is 0.234 e. The van der Waals surface area contributed by atoms with Gasteiger partial charge in [0.05, 0.1) is 6.61 Å². The summed E-state index contributed by atoms with van der Waals surface area (Å²) in [6.45, 7) is 8.46. The number of piperazine rings is 1. The van der Waals surface area contributed by atoms with Gasteiger partial charge < -0.3 is 15.7 Å². The number of aliphatic hydroxyl groups is 1. The van der Waals surface area contributed by atoms with Gasteiger partial charge in [-0.15, -0.1) is 11.3 Å². The fourth-order valence-electron chi connectivity index (χ4n) is 3.29. The van der Waals surface area contributed by atoms with Gasteiger partial charge in [-0.25, -0.2) is 4.98 Å². The van der Waals surface area contributed by atoms with Gasteiger partial charge >= 0.3 is 0 Å². The van der Waals surface area contributed by atoms with Crippen LogP contribution in [0.4, 0.5) is 22.7 Å². The van der Waals surface area contributed by atoms with Crippen molar-refractivity contribution in [1.82, 2.24) is 24.8 Å². The molecule has 0 radical (unpaired) electrons. The summed E-state index contributed by atoms with van der Waals surface area (Å²) in [5, 5.41) is 13.8. The topological polar surface area (TPSA) is 116 Å². The first kappa shape index (κ1) is 22.7. The number of β-amino-alcohol motifs (C(OH)–C–C–N with tert-alkyl or cyclic N) is 1. The second kappa shape index (κ2) is 10.4. The maximum Gasteiger partial charge on any atom is 0.234 e. The highest BCUT2D eigenvalue weighted by Gasteiger charge is 2.21. The summed E-state index contributed by atoms with van der Waals surface area (Å²) in [5.74, 6) is 1.53. The van der Waals surface area contributed by atoms with Crippen molar-refractivity contribution >= 4 is 45.8 Å². The third kappa shape index (κ3) is 5.85. The van der Waals surface area contributed by atoms with Crippen molar-refractivity contribution in [3.8, 4) is 0 Å². The number of benzene rings is 1. The number of nitrogens with one attached hydrogen (secondary N) is 1. The van der Waals surface area contributed by atoms with Crippen LogP contribution in [-0.4, -0.2) is 69.3 Å². The van der Waals surface area contributed by atoms with Gasteiger partial charge in [-0.05, 0) is 35.9 Å². The van der Waals surface area contributed by atoms with Crippen molar-refractivity contribution in [2.75, 3.05) is 55.3 Å². The number of hydrogen-bond acceptors (Lipinski definition) is 11. The first-order valence-corrected chi connectivity index (χ1v) is 12.2. The Hall–Kier alpha value is -2.47. The van der Waals surface area contributed by atoms with Crippen LogP contribution in [0.3, 0.4) is 0 Å². The summed E-state index contributed by atoms with van der Waals surface area (Å²) in [7, 11) is 0. The molecule has 3 heterocycles. The second-order valence-electron chi connectivity index (χ2n) is 7.82. The van der Waals surface area contributed by atoms with Crippen molar-refractivity contribution in [3.63, 3.8) is 0 Å². The number of rotatable bonds is 8. The predicted molar refractivity (Wildman–Crippen MR) is 130 cm³/mol. The third-order valence-corrected chi connectivity index (χ3v) is 7.12. The minimum absolute atomic E-state index is 0.174. The molecule has 0 unspecified atom stereocenters. The minimum atomic E-state index is 0.174. The lowest BCUT2D eigenvalue weighted by Gasteiger charge is -2.34. The molecule has 0 amide bonds. The van der Waals surface area contributed by atoms with Crippen LogP contribution in [0.1, 0.15) is 24.6 Å². The number of aliphatic hydroxyl groups excluding tert-OH is 1. The first-order valence-electron chi connectivity index (χ1n) is 10.6. The highest BCUT2D eigenvalue weighted by Crippen LogP contribution is 2.30. The lowest BCUT2D eigenvalue weighted by molar-refractivity contribution is 0.188. The molecule has 32 heavy (non-hydrogen) atoms. The Kier molecular flexibility index (Phi) is 7.40.